The van der Waals surface area contributed by atoms with Gasteiger partial charge in [0.1, 0.15) is 5.82 Å². The van der Waals surface area contributed by atoms with E-state index >= 15 is 0 Å². The van der Waals surface area contributed by atoms with Gasteiger partial charge in [0.15, 0.2) is 0 Å². The van der Waals surface area contributed by atoms with E-state index < -0.39 is 11.7 Å². The van der Waals surface area contributed by atoms with Crippen molar-refractivity contribution in [2.75, 3.05) is 18.5 Å². The molecule has 1 aliphatic rings. The number of amides is 1. The smallest absolute Gasteiger partial charge is 0.260 e. The maximum atomic E-state index is 13.7. The van der Waals surface area contributed by atoms with Gasteiger partial charge in [0, 0.05) is 26.0 Å². The number of hydrogen-bond acceptors (Lipinski definition) is 3. The predicted octanol–water partition coefficient (Wildman–Crippen LogP) is 3.35. The molecule has 5 nitrogen and oxygen atoms in total. The number of hydrogen-bond donors (Lipinski definition) is 1. The van der Waals surface area contributed by atoms with E-state index in [0.717, 1.165) is 32.6 Å². The topological polar surface area (TPSA) is 56.2 Å². The third-order valence-corrected chi connectivity index (χ3v) is 4.18. The van der Waals surface area contributed by atoms with Crippen molar-refractivity contribution in [2.45, 2.75) is 19.4 Å². The van der Waals surface area contributed by atoms with Crippen LogP contribution in [-0.2, 0) is 11.3 Å². The number of anilines is 1. The van der Waals surface area contributed by atoms with Crippen LogP contribution in [0.2, 0.25) is 5.02 Å². The Kier molecular flexibility index (Phi) is 4.93. The molecule has 2 aromatic rings. The highest BCUT2D eigenvalue weighted by molar-refractivity contribution is 6.34. The van der Waals surface area contributed by atoms with Gasteiger partial charge in [0.05, 0.1) is 22.5 Å². The molecule has 0 unspecified atom stereocenters. The van der Waals surface area contributed by atoms with E-state index in [0.29, 0.717) is 11.6 Å². The molecule has 7 heteroatoms. The Balaban J connectivity index is 1.65. The molecule has 0 aliphatic carbocycles. The number of halogens is 2. The number of nitrogens with zero attached hydrogens (tertiary/aromatic N) is 2. The average Bonchev–Trinajstić information content (AvgIpc) is 2.95. The van der Waals surface area contributed by atoms with Crippen molar-refractivity contribution < 1.29 is 13.9 Å². The summed E-state index contributed by atoms with van der Waals surface area (Å²) < 4.78 is 20.9. The van der Waals surface area contributed by atoms with E-state index in [2.05, 4.69) is 10.4 Å². The van der Waals surface area contributed by atoms with Crippen LogP contribution in [0, 0.1) is 11.7 Å². The fraction of sp³-hybridized carbons (Fsp3) is 0.375. The second-order valence-corrected chi connectivity index (χ2v) is 5.96. The summed E-state index contributed by atoms with van der Waals surface area (Å²) in [7, 11) is 0. The molecule has 1 amide bonds. The summed E-state index contributed by atoms with van der Waals surface area (Å²) in [5, 5.41) is 6.94. The van der Waals surface area contributed by atoms with Crippen LogP contribution in [-0.4, -0.2) is 28.9 Å². The first-order valence-corrected chi connectivity index (χ1v) is 7.87. The first-order chi connectivity index (χ1) is 11.1. The zero-order chi connectivity index (χ0) is 16.2. The van der Waals surface area contributed by atoms with Crippen LogP contribution in [0.3, 0.4) is 0 Å². The van der Waals surface area contributed by atoms with Crippen molar-refractivity contribution in [3.63, 3.8) is 0 Å². The molecule has 23 heavy (non-hydrogen) atoms. The van der Waals surface area contributed by atoms with E-state index in [4.69, 9.17) is 16.3 Å². The van der Waals surface area contributed by atoms with Crippen molar-refractivity contribution in [3.05, 3.63) is 47.0 Å². The van der Waals surface area contributed by atoms with Crippen LogP contribution >= 0.6 is 11.6 Å². The summed E-state index contributed by atoms with van der Waals surface area (Å²) in [6, 6.07) is 4.14. The molecular formula is C16H17ClFN3O2. The van der Waals surface area contributed by atoms with E-state index in [1.807, 2.05) is 0 Å². The zero-order valence-electron chi connectivity index (χ0n) is 12.5. The average molecular weight is 338 g/mol. The Morgan fingerprint density at radius 3 is 2.96 bits per heavy atom. The van der Waals surface area contributed by atoms with Gasteiger partial charge in [-0.1, -0.05) is 17.7 Å². The number of benzene rings is 1. The second kappa shape index (κ2) is 7.10. The Morgan fingerprint density at radius 2 is 2.22 bits per heavy atom. The van der Waals surface area contributed by atoms with Gasteiger partial charge in [0.2, 0.25) is 0 Å². The largest absolute Gasteiger partial charge is 0.381 e. The highest BCUT2D eigenvalue weighted by Crippen LogP contribution is 2.21. The SMILES string of the molecule is O=C(Nc1cnn(CC2CCOCC2)c1)c1c(F)cccc1Cl. The summed E-state index contributed by atoms with van der Waals surface area (Å²) in [6.45, 7) is 2.34. The van der Waals surface area contributed by atoms with Gasteiger partial charge in [-0.25, -0.2) is 4.39 Å². The monoisotopic (exact) mass is 337 g/mol. The highest BCUT2D eigenvalue weighted by Gasteiger charge is 2.18. The standard InChI is InChI=1S/C16H17ClFN3O2/c17-13-2-1-3-14(18)15(13)16(22)20-12-8-19-21(10-12)9-11-4-6-23-7-5-11/h1-3,8,10-11H,4-7,9H2,(H,20,22). The van der Waals surface area contributed by atoms with Crippen molar-refractivity contribution in [1.82, 2.24) is 9.78 Å². The van der Waals surface area contributed by atoms with E-state index in [-0.39, 0.29) is 10.6 Å². The van der Waals surface area contributed by atoms with Crippen LogP contribution in [0.1, 0.15) is 23.2 Å². The molecule has 1 aromatic carbocycles. The van der Waals surface area contributed by atoms with Gasteiger partial charge >= 0.3 is 0 Å². The molecule has 0 radical (unpaired) electrons. The fourth-order valence-electron chi connectivity index (χ4n) is 2.63. The lowest BCUT2D eigenvalue weighted by Gasteiger charge is -2.21. The Morgan fingerprint density at radius 1 is 1.43 bits per heavy atom. The Bertz CT molecular complexity index is 678. The first kappa shape index (κ1) is 16.0. The lowest BCUT2D eigenvalue weighted by molar-refractivity contribution is 0.0601. The van der Waals surface area contributed by atoms with Gasteiger partial charge < -0.3 is 10.1 Å². The maximum absolute atomic E-state index is 13.7. The summed E-state index contributed by atoms with van der Waals surface area (Å²) in [4.78, 5) is 12.2. The van der Waals surface area contributed by atoms with Crippen LogP contribution in [0.4, 0.5) is 10.1 Å². The van der Waals surface area contributed by atoms with Crippen molar-refractivity contribution in [2.24, 2.45) is 5.92 Å². The minimum absolute atomic E-state index is 0.0806. The number of carbonyl (C=O) groups excluding carboxylic acids is 1. The Labute approximate surface area is 138 Å². The molecule has 1 saturated heterocycles. The minimum atomic E-state index is -0.649. The molecule has 0 atom stereocenters. The third-order valence-electron chi connectivity index (χ3n) is 3.87. The molecule has 1 N–H and O–H groups in total. The summed E-state index contributed by atoms with van der Waals surface area (Å²) in [5.41, 5.74) is 0.354. The van der Waals surface area contributed by atoms with E-state index in [1.54, 1.807) is 17.1 Å². The van der Waals surface area contributed by atoms with Crippen LogP contribution < -0.4 is 5.32 Å². The van der Waals surface area contributed by atoms with E-state index in [9.17, 15) is 9.18 Å². The molecule has 2 heterocycles. The minimum Gasteiger partial charge on any atom is -0.381 e. The lowest BCUT2D eigenvalue weighted by atomic mass is 10.0. The lowest BCUT2D eigenvalue weighted by Crippen LogP contribution is -2.20. The van der Waals surface area contributed by atoms with Gasteiger partial charge in [0.25, 0.3) is 5.91 Å². The first-order valence-electron chi connectivity index (χ1n) is 7.49. The maximum Gasteiger partial charge on any atom is 0.260 e. The molecule has 0 bridgehead atoms. The van der Waals surface area contributed by atoms with Crippen LogP contribution in [0.25, 0.3) is 0 Å². The third kappa shape index (κ3) is 3.89. The van der Waals surface area contributed by atoms with Gasteiger partial charge in [-0.15, -0.1) is 0 Å². The molecule has 1 fully saturated rings. The molecule has 0 saturated carbocycles. The molecule has 3 rings (SSSR count). The number of rotatable bonds is 4. The molecule has 1 aliphatic heterocycles. The number of nitrogens with one attached hydrogen (secondary N) is 1. The van der Waals surface area contributed by atoms with Crippen molar-refractivity contribution >= 4 is 23.2 Å². The zero-order valence-corrected chi connectivity index (χ0v) is 13.2. The normalized spacial score (nSPS) is 15.6. The summed E-state index contributed by atoms with van der Waals surface area (Å²) >= 11 is 5.89. The second-order valence-electron chi connectivity index (χ2n) is 5.56. The quantitative estimate of drug-likeness (QED) is 0.930. The molecular weight excluding hydrogens is 321 g/mol. The van der Waals surface area contributed by atoms with Gasteiger partial charge in [-0.2, -0.15) is 5.10 Å². The molecule has 0 spiro atoms. The Hall–Kier alpha value is -1.92. The summed E-state index contributed by atoms with van der Waals surface area (Å²) in [6.07, 6.45) is 5.30. The molecule has 122 valence electrons. The van der Waals surface area contributed by atoms with Crippen LogP contribution in [0.5, 0.6) is 0 Å². The fourth-order valence-corrected chi connectivity index (χ4v) is 2.88. The number of carbonyl (C=O) groups is 1. The highest BCUT2D eigenvalue weighted by atomic mass is 35.5. The van der Waals surface area contributed by atoms with Crippen molar-refractivity contribution in [3.8, 4) is 0 Å². The van der Waals surface area contributed by atoms with Gasteiger partial charge in [-0.3, -0.25) is 9.48 Å². The summed E-state index contributed by atoms with van der Waals surface area (Å²) in [5.74, 6) is -0.712. The predicted molar refractivity (Wildman–Crippen MR) is 85.1 cm³/mol. The number of aromatic nitrogens is 2. The van der Waals surface area contributed by atoms with Gasteiger partial charge in [-0.05, 0) is 30.9 Å². The van der Waals surface area contributed by atoms with Crippen molar-refractivity contribution in [1.29, 1.82) is 0 Å². The van der Waals surface area contributed by atoms with E-state index in [1.165, 1.54) is 18.2 Å². The molecule has 1 aromatic heterocycles. The number of ether oxygens (including phenoxy) is 1. The van der Waals surface area contributed by atoms with Crippen LogP contribution in [0.15, 0.2) is 30.6 Å².